The van der Waals surface area contributed by atoms with Crippen LogP contribution in [0.1, 0.15) is 44.5 Å². The summed E-state index contributed by atoms with van der Waals surface area (Å²) >= 11 is 0. The van der Waals surface area contributed by atoms with Crippen molar-refractivity contribution >= 4 is 15.9 Å². The first kappa shape index (κ1) is 18.9. The van der Waals surface area contributed by atoms with Gasteiger partial charge in [0.05, 0.1) is 11.4 Å². The van der Waals surface area contributed by atoms with Crippen molar-refractivity contribution in [3.05, 3.63) is 11.4 Å². The van der Waals surface area contributed by atoms with Gasteiger partial charge in [0.25, 0.3) is 0 Å². The highest BCUT2D eigenvalue weighted by molar-refractivity contribution is 7.89. The highest BCUT2D eigenvalue weighted by Crippen LogP contribution is 2.25. The van der Waals surface area contributed by atoms with E-state index in [-0.39, 0.29) is 29.4 Å². The highest BCUT2D eigenvalue weighted by Gasteiger charge is 2.31. The molecule has 0 N–H and O–H groups in total. The van der Waals surface area contributed by atoms with E-state index < -0.39 is 10.0 Å². The van der Waals surface area contributed by atoms with Crippen LogP contribution >= 0.6 is 0 Å². The number of hydrogen-bond donors (Lipinski definition) is 0. The van der Waals surface area contributed by atoms with Crippen LogP contribution < -0.4 is 0 Å². The summed E-state index contributed by atoms with van der Waals surface area (Å²) in [4.78, 5) is 14.9. The van der Waals surface area contributed by atoms with E-state index >= 15 is 0 Å². The lowest BCUT2D eigenvalue weighted by molar-refractivity contribution is -0.138. The molecule has 1 saturated heterocycles. The smallest absolute Gasteiger partial charge is 0.246 e. The third-order valence-corrected chi connectivity index (χ3v) is 6.89. The second-order valence-electron chi connectivity index (χ2n) is 6.87. The van der Waals surface area contributed by atoms with Crippen LogP contribution in [0.2, 0.25) is 0 Å². The largest absolute Gasteiger partial charge is 0.336 e. The number of aromatic nitrogens is 2. The molecule has 0 bridgehead atoms. The van der Waals surface area contributed by atoms with Gasteiger partial charge in [0.15, 0.2) is 0 Å². The molecule has 1 aliphatic heterocycles. The summed E-state index contributed by atoms with van der Waals surface area (Å²) in [6.45, 7) is 7.57. The van der Waals surface area contributed by atoms with Crippen molar-refractivity contribution in [1.29, 1.82) is 0 Å². The van der Waals surface area contributed by atoms with Crippen LogP contribution in [0.15, 0.2) is 4.90 Å². The Morgan fingerprint density at radius 2 is 1.75 bits per heavy atom. The molecule has 1 fully saturated rings. The number of carbonyl (C=O) groups excluding carboxylic acids is 1. The molecule has 0 saturated carbocycles. The third kappa shape index (κ3) is 3.35. The fourth-order valence-corrected chi connectivity index (χ4v) is 4.77. The summed E-state index contributed by atoms with van der Waals surface area (Å²) in [5, 5.41) is 4.31. The zero-order valence-corrected chi connectivity index (χ0v) is 16.2. The number of nitrogens with zero attached hydrogens (tertiary/aromatic N) is 4. The van der Waals surface area contributed by atoms with Crippen molar-refractivity contribution < 1.29 is 13.2 Å². The molecule has 24 heavy (non-hydrogen) atoms. The van der Waals surface area contributed by atoms with Crippen LogP contribution in [0.4, 0.5) is 0 Å². The molecule has 0 unspecified atom stereocenters. The maximum atomic E-state index is 12.7. The van der Waals surface area contributed by atoms with Gasteiger partial charge < -0.3 is 4.90 Å². The van der Waals surface area contributed by atoms with Gasteiger partial charge in [0, 0.05) is 26.2 Å². The molecule has 2 atom stereocenters. The van der Waals surface area contributed by atoms with E-state index in [1.807, 2.05) is 4.90 Å². The Morgan fingerprint density at radius 1 is 1.21 bits per heavy atom. The Hall–Kier alpha value is -1.41. The summed E-state index contributed by atoms with van der Waals surface area (Å²) in [5.41, 5.74) is 0.931. The molecule has 0 radical (unpaired) electrons. The fraction of sp³-hybridized carbons (Fsp3) is 0.750. The van der Waals surface area contributed by atoms with Crippen molar-refractivity contribution in [3.63, 3.8) is 0 Å². The standard InChI is InChI=1S/C16H28N4O3S/c1-11-8-7-9-12(2)20(11)15(21)10-19-14(4)16(13(3)17-19)24(22,23)18(5)6/h11-12H,7-10H2,1-6H3/t11-,12-/m0/s1. The first-order valence-electron chi connectivity index (χ1n) is 8.35. The number of amides is 1. The summed E-state index contributed by atoms with van der Waals surface area (Å²) < 4.78 is 27.6. The normalized spacial score (nSPS) is 22.2. The number of rotatable bonds is 4. The van der Waals surface area contributed by atoms with Crippen LogP contribution in [0.25, 0.3) is 0 Å². The Kier molecular flexibility index (Phi) is 5.39. The van der Waals surface area contributed by atoms with Crippen LogP contribution in [-0.2, 0) is 21.4 Å². The maximum absolute atomic E-state index is 12.7. The number of aryl methyl sites for hydroxylation is 1. The molecule has 1 aliphatic rings. The van der Waals surface area contributed by atoms with E-state index in [9.17, 15) is 13.2 Å². The van der Waals surface area contributed by atoms with Crippen LogP contribution in [0.5, 0.6) is 0 Å². The summed E-state index contributed by atoms with van der Waals surface area (Å²) in [6.07, 6.45) is 3.15. The van der Waals surface area contributed by atoms with Gasteiger partial charge in [-0.2, -0.15) is 5.10 Å². The lowest BCUT2D eigenvalue weighted by Crippen LogP contribution is -2.48. The van der Waals surface area contributed by atoms with Gasteiger partial charge in [-0.3, -0.25) is 9.48 Å². The van der Waals surface area contributed by atoms with Crippen LogP contribution in [-0.4, -0.2) is 59.5 Å². The average Bonchev–Trinajstić information content (AvgIpc) is 2.73. The lowest BCUT2D eigenvalue weighted by atomic mass is 9.97. The molecular formula is C16H28N4O3S. The molecular weight excluding hydrogens is 328 g/mol. The average molecular weight is 356 g/mol. The molecule has 0 aromatic carbocycles. The van der Waals surface area contributed by atoms with Crippen molar-refractivity contribution in [2.24, 2.45) is 0 Å². The van der Waals surface area contributed by atoms with E-state index in [4.69, 9.17) is 0 Å². The summed E-state index contributed by atoms with van der Waals surface area (Å²) in [6, 6.07) is 0.423. The molecule has 1 amide bonds. The monoisotopic (exact) mass is 356 g/mol. The second-order valence-corrected chi connectivity index (χ2v) is 8.96. The van der Waals surface area contributed by atoms with E-state index in [2.05, 4.69) is 18.9 Å². The quantitative estimate of drug-likeness (QED) is 0.820. The van der Waals surface area contributed by atoms with E-state index in [0.717, 1.165) is 19.3 Å². The lowest BCUT2D eigenvalue weighted by Gasteiger charge is -2.39. The predicted molar refractivity (Wildman–Crippen MR) is 92.2 cm³/mol. The predicted octanol–water partition coefficient (Wildman–Crippen LogP) is 1.54. The van der Waals surface area contributed by atoms with Crippen LogP contribution in [0, 0.1) is 13.8 Å². The topological polar surface area (TPSA) is 75.5 Å². The van der Waals surface area contributed by atoms with Gasteiger partial charge in [-0.25, -0.2) is 12.7 Å². The highest BCUT2D eigenvalue weighted by atomic mass is 32.2. The molecule has 7 nitrogen and oxygen atoms in total. The van der Waals surface area contributed by atoms with Crippen molar-refractivity contribution in [2.45, 2.75) is 70.5 Å². The molecule has 0 aliphatic carbocycles. The van der Waals surface area contributed by atoms with Crippen molar-refractivity contribution in [2.75, 3.05) is 14.1 Å². The second kappa shape index (κ2) is 6.84. The van der Waals surface area contributed by atoms with E-state index in [0.29, 0.717) is 11.4 Å². The van der Waals surface area contributed by atoms with E-state index in [1.165, 1.54) is 23.1 Å². The molecule has 8 heteroatoms. The number of piperidine rings is 1. The Morgan fingerprint density at radius 3 is 2.25 bits per heavy atom. The van der Waals surface area contributed by atoms with Gasteiger partial charge in [-0.15, -0.1) is 0 Å². The van der Waals surface area contributed by atoms with Gasteiger partial charge in [0.1, 0.15) is 11.4 Å². The Balaban J connectivity index is 2.30. The Labute approximate surface area is 144 Å². The summed E-state index contributed by atoms with van der Waals surface area (Å²) in [5.74, 6) is -0.00546. The van der Waals surface area contributed by atoms with Gasteiger partial charge >= 0.3 is 0 Å². The third-order valence-electron chi connectivity index (χ3n) is 4.82. The van der Waals surface area contributed by atoms with Crippen LogP contribution in [0.3, 0.4) is 0 Å². The maximum Gasteiger partial charge on any atom is 0.246 e. The minimum absolute atomic E-state index is 0.00546. The van der Waals surface area contributed by atoms with Gasteiger partial charge in [0.2, 0.25) is 15.9 Å². The van der Waals surface area contributed by atoms with Crippen molar-refractivity contribution in [1.82, 2.24) is 19.0 Å². The molecule has 2 heterocycles. The Bertz CT molecular complexity index is 714. The zero-order chi connectivity index (χ0) is 18.2. The minimum Gasteiger partial charge on any atom is -0.336 e. The van der Waals surface area contributed by atoms with E-state index in [1.54, 1.807) is 13.8 Å². The SMILES string of the molecule is Cc1nn(CC(=O)N2[C@@H](C)CCC[C@@H]2C)c(C)c1S(=O)(=O)N(C)C. The summed E-state index contributed by atoms with van der Waals surface area (Å²) in [7, 11) is -0.587. The molecule has 1 aromatic heterocycles. The molecule has 0 spiro atoms. The fourth-order valence-electron chi connectivity index (χ4n) is 3.51. The molecule has 2 rings (SSSR count). The number of sulfonamides is 1. The van der Waals surface area contributed by atoms with Crippen molar-refractivity contribution in [3.8, 4) is 0 Å². The first-order valence-corrected chi connectivity index (χ1v) is 9.79. The number of likely N-dealkylation sites (tertiary alicyclic amines) is 1. The van der Waals surface area contributed by atoms with Gasteiger partial charge in [-0.1, -0.05) is 0 Å². The zero-order valence-electron chi connectivity index (χ0n) is 15.4. The van der Waals surface area contributed by atoms with Gasteiger partial charge in [-0.05, 0) is 47.0 Å². The molecule has 1 aromatic rings. The number of carbonyl (C=O) groups is 1. The number of hydrogen-bond acceptors (Lipinski definition) is 4. The first-order chi connectivity index (χ1) is 11.1. The minimum atomic E-state index is -3.57. The molecule has 136 valence electrons.